The quantitative estimate of drug-likeness (QED) is 0.560. The van der Waals surface area contributed by atoms with Gasteiger partial charge in [0, 0.05) is 46.4 Å². The van der Waals surface area contributed by atoms with Crippen molar-refractivity contribution in [1.82, 2.24) is 14.7 Å². The van der Waals surface area contributed by atoms with Crippen molar-refractivity contribution in [3.8, 4) is 0 Å². The lowest BCUT2D eigenvalue weighted by molar-refractivity contribution is -0.156. The Morgan fingerprint density at radius 3 is 1.86 bits per heavy atom. The van der Waals surface area contributed by atoms with Crippen LogP contribution >= 0.6 is 0 Å². The zero-order valence-electron chi connectivity index (χ0n) is 12.2. The lowest BCUT2D eigenvalue weighted by atomic mass is 10.3. The Hall–Kier alpha value is -1.67. The van der Waals surface area contributed by atoms with Gasteiger partial charge in [-0.1, -0.05) is 0 Å². The van der Waals surface area contributed by atoms with E-state index in [9.17, 15) is 14.4 Å². The van der Waals surface area contributed by atoms with Crippen LogP contribution in [-0.2, 0) is 23.9 Å². The molecule has 2 aliphatic rings. The average molecular weight is 299 g/mol. The Bertz CT molecular complexity index is 401. The third-order valence-electron chi connectivity index (χ3n) is 3.67. The molecular weight excluding hydrogens is 278 g/mol. The number of morpholine rings is 1. The van der Waals surface area contributed by atoms with E-state index in [1.807, 2.05) is 0 Å². The average Bonchev–Trinajstić information content (AvgIpc) is 2.54. The van der Waals surface area contributed by atoms with E-state index in [0.29, 0.717) is 52.5 Å². The van der Waals surface area contributed by atoms with Crippen molar-refractivity contribution >= 4 is 17.7 Å². The summed E-state index contributed by atoms with van der Waals surface area (Å²) in [7, 11) is 1.47. The number of amides is 3. The highest BCUT2D eigenvalue weighted by atomic mass is 16.5. The molecule has 2 rings (SSSR count). The number of hydrogen-bond acceptors (Lipinski definition) is 5. The van der Waals surface area contributed by atoms with Crippen molar-refractivity contribution in [2.75, 3.05) is 66.2 Å². The molecule has 0 aromatic heterocycles. The van der Waals surface area contributed by atoms with E-state index < -0.39 is 11.8 Å². The summed E-state index contributed by atoms with van der Waals surface area (Å²) in [6.45, 7) is 3.52. The van der Waals surface area contributed by atoms with E-state index in [4.69, 9.17) is 9.47 Å². The molecule has 2 aliphatic heterocycles. The van der Waals surface area contributed by atoms with Crippen LogP contribution in [0.5, 0.6) is 0 Å². The predicted octanol–water partition coefficient (Wildman–Crippen LogP) is -1.84. The summed E-state index contributed by atoms with van der Waals surface area (Å²) in [5, 5.41) is 0. The molecule has 0 aromatic rings. The van der Waals surface area contributed by atoms with Gasteiger partial charge in [-0.2, -0.15) is 0 Å². The summed E-state index contributed by atoms with van der Waals surface area (Å²) in [5.74, 6) is -1.06. The molecule has 0 aliphatic carbocycles. The molecule has 2 fully saturated rings. The van der Waals surface area contributed by atoms with Gasteiger partial charge in [0.25, 0.3) is 0 Å². The van der Waals surface area contributed by atoms with E-state index in [-0.39, 0.29) is 12.5 Å². The van der Waals surface area contributed by atoms with E-state index >= 15 is 0 Å². The van der Waals surface area contributed by atoms with Crippen molar-refractivity contribution < 1.29 is 23.9 Å². The Kier molecular flexibility index (Phi) is 5.51. The smallest absolute Gasteiger partial charge is 0.312 e. The van der Waals surface area contributed by atoms with Crippen LogP contribution in [0.1, 0.15) is 0 Å². The van der Waals surface area contributed by atoms with E-state index in [1.54, 1.807) is 4.90 Å². The second-order valence-corrected chi connectivity index (χ2v) is 5.01. The van der Waals surface area contributed by atoms with Crippen LogP contribution in [0.4, 0.5) is 0 Å². The van der Waals surface area contributed by atoms with Crippen LogP contribution in [0.15, 0.2) is 0 Å². The predicted molar refractivity (Wildman–Crippen MR) is 72.4 cm³/mol. The molecule has 0 N–H and O–H groups in total. The first-order chi connectivity index (χ1) is 10.1. The summed E-state index contributed by atoms with van der Waals surface area (Å²) >= 11 is 0. The van der Waals surface area contributed by atoms with Gasteiger partial charge >= 0.3 is 11.8 Å². The maximum Gasteiger partial charge on any atom is 0.312 e. The zero-order valence-corrected chi connectivity index (χ0v) is 12.2. The standard InChI is InChI=1S/C13H21N3O5/c1-20-10-11(17)14-2-4-15(5-3-14)12(18)13(19)16-6-8-21-9-7-16/h2-10H2,1H3. The monoisotopic (exact) mass is 299 g/mol. The van der Waals surface area contributed by atoms with Gasteiger partial charge in [-0.25, -0.2) is 0 Å². The molecule has 2 heterocycles. The van der Waals surface area contributed by atoms with Crippen LogP contribution in [-0.4, -0.2) is 98.6 Å². The van der Waals surface area contributed by atoms with Crippen molar-refractivity contribution in [2.24, 2.45) is 0 Å². The molecule has 0 bridgehead atoms. The van der Waals surface area contributed by atoms with Crippen LogP contribution in [0.2, 0.25) is 0 Å². The maximum atomic E-state index is 12.2. The molecule has 3 amide bonds. The van der Waals surface area contributed by atoms with Crippen molar-refractivity contribution in [1.29, 1.82) is 0 Å². The fraction of sp³-hybridized carbons (Fsp3) is 0.769. The molecule has 8 heteroatoms. The SMILES string of the molecule is COCC(=O)N1CCN(C(=O)C(=O)N2CCOCC2)CC1. The van der Waals surface area contributed by atoms with Gasteiger partial charge in [0.05, 0.1) is 13.2 Å². The molecular formula is C13H21N3O5. The number of carbonyl (C=O) groups is 3. The normalized spacial score (nSPS) is 19.6. The summed E-state index contributed by atoms with van der Waals surface area (Å²) < 4.78 is 9.97. The maximum absolute atomic E-state index is 12.2. The lowest BCUT2D eigenvalue weighted by Gasteiger charge is -2.35. The van der Waals surface area contributed by atoms with Crippen LogP contribution < -0.4 is 0 Å². The number of nitrogens with zero attached hydrogens (tertiary/aromatic N) is 3. The number of ether oxygens (including phenoxy) is 2. The minimum Gasteiger partial charge on any atom is -0.378 e. The Balaban J connectivity index is 1.82. The summed E-state index contributed by atoms with van der Waals surface area (Å²) in [5.41, 5.74) is 0. The summed E-state index contributed by atoms with van der Waals surface area (Å²) in [6.07, 6.45) is 0. The fourth-order valence-electron chi connectivity index (χ4n) is 2.41. The van der Waals surface area contributed by atoms with E-state index in [2.05, 4.69) is 0 Å². The third-order valence-corrected chi connectivity index (χ3v) is 3.67. The number of methoxy groups -OCH3 is 1. The number of rotatable bonds is 2. The largest absolute Gasteiger partial charge is 0.378 e. The minimum atomic E-state index is -0.490. The molecule has 0 saturated carbocycles. The second kappa shape index (κ2) is 7.37. The van der Waals surface area contributed by atoms with E-state index in [1.165, 1.54) is 16.9 Å². The molecule has 0 aromatic carbocycles. The third kappa shape index (κ3) is 3.92. The molecule has 8 nitrogen and oxygen atoms in total. The molecule has 0 spiro atoms. The Morgan fingerprint density at radius 1 is 0.857 bits per heavy atom. The molecule has 21 heavy (non-hydrogen) atoms. The highest BCUT2D eigenvalue weighted by molar-refractivity contribution is 6.34. The van der Waals surface area contributed by atoms with Crippen molar-refractivity contribution in [3.05, 3.63) is 0 Å². The van der Waals surface area contributed by atoms with Gasteiger partial charge in [0.2, 0.25) is 5.91 Å². The van der Waals surface area contributed by atoms with Gasteiger partial charge in [-0.3, -0.25) is 14.4 Å². The molecule has 0 radical (unpaired) electrons. The Labute approximate surface area is 123 Å². The number of hydrogen-bond donors (Lipinski definition) is 0. The first kappa shape index (κ1) is 15.7. The molecule has 2 saturated heterocycles. The molecule has 0 unspecified atom stereocenters. The highest BCUT2D eigenvalue weighted by Crippen LogP contribution is 2.06. The molecule has 0 atom stereocenters. The van der Waals surface area contributed by atoms with Crippen LogP contribution in [0, 0.1) is 0 Å². The van der Waals surface area contributed by atoms with Crippen LogP contribution in [0.3, 0.4) is 0 Å². The second-order valence-electron chi connectivity index (χ2n) is 5.01. The summed E-state index contributed by atoms with van der Waals surface area (Å²) in [4.78, 5) is 40.6. The first-order valence-electron chi connectivity index (χ1n) is 7.06. The van der Waals surface area contributed by atoms with E-state index in [0.717, 1.165) is 0 Å². The van der Waals surface area contributed by atoms with Crippen molar-refractivity contribution in [3.63, 3.8) is 0 Å². The van der Waals surface area contributed by atoms with Gasteiger partial charge in [0.1, 0.15) is 6.61 Å². The fourth-order valence-corrected chi connectivity index (χ4v) is 2.41. The van der Waals surface area contributed by atoms with Gasteiger partial charge in [-0.05, 0) is 0 Å². The van der Waals surface area contributed by atoms with Gasteiger partial charge in [0.15, 0.2) is 0 Å². The van der Waals surface area contributed by atoms with Gasteiger partial charge < -0.3 is 24.2 Å². The Morgan fingerprint density at radius 2 is 1.33 bits per heavy atom. The first-order valence-corrected chi connectivity index (χ1v) is 7.06. The molecule has 118 valence electrons. The highest BCUT2D eigenvalue weighted by Gasteiger charge is 2.31. The van der Waals surface area contributed by atoms with Crippen molar-refractivity contribution in [2.45, 2.75) is 0 Å². The van der Waals surface area contributed by atoms with Crippen LogP contribution in [0.25, 0.3) is 0 Å². The summed E-state index contributed by atoms with van der Waals surface area (Å²) in [6, 6.07) is 0. The number of carbonyl (C=O) groups excluding carboxylic acids is 3. The minimum absolute atomic E-state index is 0.0423. The topological polar surface area (TPSA) is 79.4 Å². The van der Waals surface area contributed by atoms with Gasteiger partial charge in [-0.15, -0.1) is 0 Å². The zero-order chi connectivity index (χ0) is 15.2. The lowest BCUT2D eigenvalue weighted by Crippen LogP contribution is -2.55. The number of piperazine rings is 1.